The number of morpholine rings is 1. The SMILES string of the molecule is C=CCC(NC(=O)NCC1CN(CC)CCO1)C(=O)O. The first kappa shape index (κ1) is 16.5. The van der Waals surface area contributed by atoms with Crippen LogP contribution in [-0.2, 0) is 9.53 Å². The molecule has 0 saturated carbocycles. The van der Waals surface area contributed by atoms with Gasteiger partial charge >= 0.3 is 12.0 Å². The van der Waals surface area contributed by atoms with E-state index in [0.29, 0.717) is 13.2 Å². The molecule has 20 heavy (non-hydrogen) atoms. The van der Waals surface area contributed by atoms with Crippen LogP contribution in [0.3, 0.4) is 0 Å². The molecule has 2 amide bonds. The molecule has 0 aromatic rings. The Kier molecular flexibility index (Phi) is 7.03. The van der Waals surface area contributed by atoms with Gasteiger partial charge in [0.15, 0.2) is 0 Å². The highest BCUT2D eigenvalue weighted by molar-refractivity contribution is 5.82. The minimum atomic E-state index is -1.08. The lowest BCUT2D eigenvalue weighted by Crippen LogP contribution is -2.51. The first-order valence-electron chi connectivity index (χ1n) is 6.78. The van der Waals surface area contributed by atoms with Gasteiger partial charge in [-0.25, -0.2) is 9.59 Å². The van der Waals surface area contributed by atoms with Crippen molar-refractivity contribution >= 4 is 12.0 Å². The second-order valence-electron chi connectivity index (χ2n) is 4.66. The second kappa shape index (κ2) is 8.55. The summed E-state index contributed by atoms with van der Waals surface area (Å²) in [6.45, 7) is 9.18. The van der Waals surface area contributed by atoms with Crippen molar-refractivity contribution in [3.8, 4) is 0 Å². The summed E-state index contributed by atoms with van der Waals surface area (Å²) in [5.41, 5.74) is 0. The number of hydrogen-bond acceptors (Lipinski definition) is 4. The largest absolute Gasteiger partial charge is 0.480 e. The molecule has 3 N–H and O–H groups in total. The fourth-order valence-corrected chi connectivity index (χ4v) is 2.00. The van der Waals surface area contributed by atoms with E-state index in [1.807, 2.05) is 0 Å². The average Bonchev–Trinajstić information content (AvgIpc) is 2.44. The lowest BCUT2D eigenvalue weighted by Gasteiger charge is -2.32. The summed E-state index contributed by atoms with van der Waals surface area (Å²) in [5, 5.41) is 13.9. The lowest BCUT2D eigenvalue weighted by atomic mass is 10.2. The van der Waals surface area contributed by atoms with Crippen molar-refractivity contribution in [2.24, 2.45) is 0 Å². The Labute approximate surface area is 119 Å². The van der Waals surface area contributed by atoms with Crippen molar-refractivity contribution in [3.05, 3.63) is 12.7 Å². The zero-order valence-corrected chi connectivity index (χ0v) is 11.8. The van der Waals surface area contributed by atoms with Crippen molar-refractivity contribution in [3.63, 3.8) is 0 Å². The monoisotopic (exact) mass is 285 g/mol. The van der Waals surface area contributed by atoms with E-state index in [1.54, 1.807) is 0 Å². The number of urea groups is 1. The number of amides is 2. The number of carboxylic acids is 1. The number of likely N-dealkylation sites (N-methyl/N-ethyl adjacent to an activating group) is 1. The van der Waals surface area contributed by atoms with Gasteiger partial charge < -0.3 is 20.5 Å². The Hall–Kier alpha value is -1.60. The van der Waals surface area contributed by atoms with Gasteiger partial charge in [-0.1, -0.05) is 13.0 Å². The maximum Gasteiger partial charge on any atom is 0.326 e. The number of carbonyl (C=O) groups is 2. The Bertz CT molecular complexity index is 349. The second-order valence-corrected chi connectivity index (χ2v) is 4.66. The van der Waals surface area contributed by atoms with Gasteiger partial charge in [0, 0.05) is 19.6 Å². The molecule has 0 bridgehead atoms. The molecule has 0 radical (unpaired) electrons. The van der Waals surface area contributed by atoms with Crippen LogP contribution in [0.5, 0.6) is 0 Å². The molecule has 1 saturated heterocycles. The smallest absolute Gasteiger partial charge is 0.326 e. The van der Waals surface area contributed by atoms with Crippen molar-refractivity contribution in [1.29, 1.82) is 0 Å². The molecule has 1 aliphatic rings. The molecule has 0 spiro atoms. The molecule has 1 aliphatic heterocycles. The Morgan fingerprint density at radius 1 is 1.60 bits per heavy atom. The number of hydrogen-bond donors (Lipinski definition) is 3. The molecule has 2 unspecified atom stereocenters. The number of nitrogens with zero attached hydrogens (tertiary/aromatic N) is 1. The Morgan fingerprint density at radius 3 is 2.95 bits per heavy atom. The summed E-state index contributed by atoms with van der Waals surface area (Å²) in [5.74, 6) is -1.08. The van der Waals surface area contributed by atoms with Crippen LogP contribution in [0.25, 0.3) is 0 Å². The van der Waals surface area contributed by atoms with E-state index < -0.39 is 18.0 Å². The van der Waals surface area contributed by atoms with Crippen molar-refractivity contribution in [1.82, 2.24) is 15.5 Å². The number of aliphatic carboxylic acids is 1. The summed E-state index contributed by atoms with van der Waals surface area (Å²) in [7, 11) is 0. The van der Waals surface area contributed by atoms with E-state index in [4.69, 9.17) is 9.84 Å². The highest BCUT2D eigenvalue weighted by atomic mass is 16.5. The molecule has 1 rings (SSSR count). The third-order valence-electron chi connectivity index (χ3n) is 3.17. The van der Waals surface area contributed by atoms with Gasteiger partial charge in [-0.2, -0.15) is 0 Å². The normalized spacial score (nSPS) is 20.9. The third-order valence-corrected chi connectivity index (χ3v) is 3.17. The van der Waals surface area contributed by atoms with Crippen molar-refractivity contribution in [2.45, 2.75) is 25.5 Å². The first-order valence-corrected chi connectivity index (χ1v) is 6.78. The molecular formula is C13H23N3O4. The predicted octanol–water partition coefficient (Wildman–Crippen LogP) is 0.0356. The van der Waals surface area contributed by atoms with Gasteiger partial charge in [0.25, 0.3) is 0 Å². The van der Waals surface area contributed by atoms with Gasteiger partial charge in [0.1, 0.15) is 6.04 Å². The van der Waals surface area contributed by atoms with Crippen LogP contribution in [0.4, 0.5) is 4.79 Å². The molecule has 0 aliphatic carbocycles. The van der Waals surface area contributed by atoms with Crippen LogP contribution in [0, 0.1) is 0 Å². The highest BCUT2D eigenvalue weighted by Gasteiger charge is 2.21. The van der Waals surface area contributed by atoms with Crippen LogP contribution in [0.1, 0.15) is 13.3 Å². The fraction of sp³-hybridized carbons (Fsp3) is 0.692. The van der Waals surface area contributed by atoms with Gasteiger partial charge in [-0.05, 0) is 13.0 Å². The molecule has 7 nitrogen and oxygen atoms in total. The molecular weight excluding hydrogens is 262 g/mol. The Morgan fingerprint density at radius 2 is 2.35 bits per heavy atom. The van der Waals surface area contributed by atoms with Crippen LogP contribution in [0.15, 0.2) is 12.7 Å². The molecule has 0 aromatic carbocycles. The maximum absolute atomic E-state index is 11.6. The number of ether oxygens (including phenoxy) is 1. The third kappa shape index (κ3) is 5.58. The lowest BCUT2D eigenvalue weighted by molar-refractivity contribution is -0.139. The van der Waals surface area contributed by atoms with Crippen molar-refractivity contribution < 1.29 is 19.4 Å². The summed E-state index contributed by atoms with van der Waals surface area (Å²) >= 11 is 0. The summed E-state index contributed by atoms with van der Waals surface area (Å²) in [6, 6.07) is -1.46. The molecule has 2 atom stereocenters. The van der Waals surface area contributed by atoms with E-state index in [1.165, 1.54) is 6.08 Å². The maximum atomic E-state index is 11.6. The van der Waals surface area contributed by atoms with Crippen LogP contribution >= 0.6 is 0 Å². The van der Waals surface area contributed by atoms with Crippen LogP contribution < -0.4 is 10.6 Å². The number of carboxylic acid groups (broad SMARTS) is 1. The van der Waals surface area contributed by atoms with Gasteiger partial charge in [0.05, 0.1) is 12.7 Å². The van der Waals surface area contributed by atoms with E-state index in [-0.39, 0.29) is 12.5 Å². The predicted molar refractivity (Wildman–Crippen MR) is 74.6 cm³/mol. The van der Waals surface area contributed by atoms with Crippen molar-refractivity contribution in [2.75, 3.05) is 32.8 Å². The van der Waals surface area contributed by atoms with E-state index in [9.17, 15) is 9.59 Å². The molecule has 0 aromatic heterocycles. The molecule has 7 heteroatoms. The minimum absolute atomic E-state index is 0.0582. The summed E-state index contributed by atoms with van der Waals surface area (Å²) in [6.07, 6.45) is 1.59. The van der Waals surface area contributed by atoms with Gasteiger partial charge in [-0.3, -0.25) is 4.90 Å². The summed E-state index contributed by atoms with van der Waals surface area (Å²) in [4.78, 5) is 24.8. The average molecular weight is 285 g/mol. The zero-order valence-electron chi connectivity index (χ0n) is 11.8. The number of rotatable bonds is 7. The van der Waals surface area contributed by atoms with E-state index in [0.717, 1.165) is 19.6 Å². The first-order chi connectivity index (χ1) is 9.56. The quantitative estimate of drug-likeness (QED) is 0.574. The minimum Gasteiger partial charge on any atom is -0.480 e. The number of carbonyl (C=O) groups excluding carboxylic acids is 1. The van der Waals surface area contributed by atoms with E-state index >= 15 is 0 Å². The summed E-state index contributed by atoms with van der Waals surface area (Å²) < 4.78 is 5.54. The standard InChI is InChI=1S/C13H23N3O4/c1-3-5-11(12(17)18)15-13(19)14-8-10-9-16(4-2)6-7-20-10/h3,10-11H,1,4-9H2,2H3,(H,17,18)(H2,14,15,19). The van der Waals surface area contributed by atoms with Gasteiger partial charge in [-0.15, -0.1) is 6.58 Å². The topological polar surface area (TPSA) is 90.9 Å². The van der Waals surface area contributed by atoms with Crippen LogP contribution in [-0.4, -0.2) is 66.9 Å². The number of nitrogens with one attached hydrogen (secondary N) is 2. The molecule has 114 valence electrons. The molecule has 1 fully saturated rings. The fourth-order valence-electron chi connectivity index (χ4n) is 2.00. The van der Waals surface area contributed by atoms with Gasteiger partial charge in [0.2, 0.25) is 0 Å². The zero-order chi connectivity index (χ0) is 15.0. The van der Waals surface area contributed by atoms with Crippen LogP contribution in [0.2, 0.25) is 0 Å². The molecule has 1 heterocycles. The van der Waals surface area contributed by atoms with E-state index in [2.05, 4.69) is 29.0 Å². The Balaban J connectivity index is 2.31. The highest BCUT2D eigenvalue weighted by Crippen LogP contribution is 2.03.